The molecule has 1 fully saturated rings. The van der Waals surface area contributed by atoms with Crippen LogP contribution in [0.4, 0.5) is 4.39 Å². The lowest BCUT2D eigenvalue weighted by atomic mass is 10.1. The summed E-state index contributed by atoms with van der Waals surface area (Å²) in [7, 11) is 0. The van der Waals surface area contributed by atoms with E-state index in [4.69, 9.17) is 16.3 Å². The number of benzene rings is 2. The first kappa shape index (κ1) is 23.9. The van der Waals surface area contributed by atoms with E-state index in [-0.39, 0.29) is 22.4 Å². The molecule has 176 valence electrons. The molecule has 3 aromatic rings. The minimum Gasteiger partial charge on any atom is -0.487 e. The normalized spacial score (nSPS) is 14.0. The zero-order valence-corrected chi connectivity index (χ0v) is 20.1. The average molecular weight is 500 g/mol. The smallest absolute Gasteiger partial charge is 0.255 e. The van der Waals surface area contributed by atoms with Crippen LogP contribution in [0.25, 0.3) is 6.08 Å². The van der Waals surface area contributed by atoms with E-state index in [1.54, 1.807) is 27.2 Å². The van der Waals surface area contributed by atoms with Crippen LogP contribution in [0.3, 0.4) is 0 Å². The summed E-state index contributed by atoms with van der Waals surface area (Å²) in [6, 6.07) is 11.2. The van der Waals surface area contributed by atoms with Crippen LogP contribution in [-0.4, -0.2) is 52.8 Å². The fraction of sp³-hybridized carbons (Fsp3) is 0.240. The van der Waals surface area contributed by atoms with Crippen molar-refractivity contribution < 1.29 is 18.7 Å². The number of aromatic nitrogens is 1. The Morgan fingerprint density at radius 1 is 1.15 bits per heavy atom. The molecular weight excluding hydrogens is 477 g/mol. The number of ether oxygens (including phenoxy) is 1. The Labute approximate surface area is 206 Å². The van der Waals surface area contributed by atoms with Gasteiger partial charge in [0.25, 0.3) is 5.91 Å². The van der Waals surface area contributed by atoms with E-state index in [0.29, 0.717) is 38.5 Å². The number of hydrogen-bond donors (Lipinski definition) is 0. The summed E-state index contributed by atoms with van der Waals surface area (Å²) in [5, 5.41) is 3.05. The van der Waals surface area contributed by atoms with Crippen molar-refractivity contribution in [3.63, 3.8) is 0 Å². The second-order valence-corrected chi connectivity index (χ2v) is 9.26. The summed E-state index contributed by atoms with van der Waals surface area (Å²) < 4.78 is 19.1. The van der Waals surface area contributed by atoms with Crippen LogP contribution in [-0.2, 0) is 11.4 Å². The van der Waals surface area contributed by atoms with Gasteiger partial charge in [-0.1, -0.05) is 23.7 Å². The number of halogens is 2. The zero-order chi connectivity index (χ0) is 24.1. The number of rotatable bonds is 6. The summed E-state index contributed by atoms with van der Waals surface area (Å²) in [5.41, 5.74) is 1.99. The van der Waals surface area contributed by atoms with Gasteiger partial charge in [-0.3, -0.25) is 9.59 Å². The lowest BCUT2D eigenvalue weighted by Gasteiger charge is -2.34. The van der Waals surface area contributed by atoms with Gasteiger partial charge in [-0.2, -0.15) is 0 Å². The molecule has 1 saturated heterocycles. The second kappa shape index (κ2) is 10.8. The third kappa shape index (κ3) is 6.01. The maximum absolute atomic E-state index is 13.3. The molecule has 0 bridgehead atoms. The van der Waals surface area contributed by atoms with Gasteiger partial charge in [-0.15, -0.1) is 11.3 Å². The minimum atomic E-state index is -0.490. The molecule has 9 heteroatoms. The number of carbonyl (C=O) groups excluding carboxylic acids is 2. The van der Waals surface area contributed by atoms with E-state index in [1.165, 1.54) is 18.2 Å². The van der Waals surface area contributed by atoms with Crippen molar-refractivity contribution in [1.82, 2.24) is 14.8 Å². The van der Waals surface area contributed by atoms with E-state index in [1.807, 2.05) is 36.6 Å². The van der Waals surface area contributed by atoms with Crippen molar-refractivity contribution in [2.75, 3.05) is 26.2 Å². The first-order valence-electron chi connectivity index (χ1n) is 10.7. The molecule has 2 heterocycles. The molecule has 2 amide bonds. The lowest BCUT2D eigenvalue weighted by Crippen LogP contribution is -2.50. The molecule has 0 atom stereocenters. The Balaban J connectivity index is 1.29. The van der Waals surface area contributed by atoms with Crippen molar-refractivity contribution in [3.8, 4) is 5.75 Å². The van der Waals surface area contributed by atoms with Crippen LogP contribution in [0.2, 0.25) is 5.02 Å². The Hall–Kier alpha value is -3.23. The molecule has 1 aliphatic heterocycles. The molecule has 0 spiro atoms. The standard InChI is InChI=1S/C25H23ClFN3O3S/c1-17-28-20(16-34-17)15-33-21-4-2-3-18(13-21)5-8-24(31)29-9-11-30(12-10-29)25(32)22-7-6-19(27)14-23(22)26/h2-8,13-14,16H,9-12,15H2,1H3/b8-5+. The van der Waals surface area contributed by atoms with Crippen LogP contribution in [0, 0.1) is 12.7 Å². The molecule has 0 N–H and O–H groups in total. The first-order chi connectivity index (χ1) is 16.4. The van der Waals surface area contributed by atoms with Gasteiger partial charge in [0.05, 0.1) is 21.3 Å². The van der Waals surface area contributed by atoms with Gasteiger partial charge in [0.2, 0.25) is 5.91 Å². The Kier molecular flexibility index (Phi) is 7.59. The van der Waals surface area contributed by atoms with Crippen molar-refractivity contribution in [2.24, 2.45) is 0 Å². The van der Waals surface area contributed by atoms with Gasteiger partial charge < -0.3 is 14.5 Å². The molecule has 0 aliphatic carbocycles. The molecule has 1 aliphatic rings. The van der Waals surface area contributed by atoms with Crippen molar-refractivity contribution >= 4 is 40.8 Å². The average Bonchev–Trinajstić information content (AvgIpc) is 3.26. The maximum Gasteiger partial charge on any atom is 0.255 e. The SMILES string of the molecule is Cc1nc(COc2cccc(/C=C/C(=O)N3CCN(C(=O)c4ccc(F)cc4Cl)CC3)c2)cs1. The first-order valence-corrected chi connectivity index (χ1v) is 12.0. The monoisotopic (exact) mass is 499 g/mol. The Morgan fingerprint density at radius 2 is 1.91 bits per heavy atom. The highest BCUT2D eigenvalue weighted by atomic mass is 35.5. The molecule has 0 unspecified atom stereocenters. The summed E-state index contributed by atoms with van der Waals surface area (Å²) in [5.74, 6) is -0.185. The molecule has 1 aromatic heterocycles. The number of nitrogens with zero attached hydrogens (tertiary/aromatic N) is 3. The Bertz CT molecular complexity index is 1220. The maximum atomic E-state index is 13.3. The fourth-order valence-corrected chi connectivity index (χ4v) is 4.42. The molecule has 0 radical (unpaired) electrons. The molecule has 0 saturated carbocycles. The number of carbonyl (C=O) groups is 2. The van der Waals surface area contributed by atoms with Crippen molar-refractivity contribution in [1.29, 1.82) is 0 Å². The van der Waals surface area contributed by atoms with Gasteiger partial charge in [-0.05, 0) is 48.9 Å². The molecule has 2 aromatic carbocycles. The predicted molar refractivity (Wildman–Crippen MR) is 131 cm³/mol. The highest BCUT2D eigenvalue weighted by molar-refractivity contribution is 7.09. The number of aryl methyl sites for hydroxylation is 1. The van der Waals surface area contributed by atoms with Crippen molar-refractivity contribution in [2.45, 2.75) is 13.5 Å². The molecule has 6 nitrogen and oxygen atoms in total. The predicted octanol–water partition coefficient (Wildman–Crippen LogP) is 4.82. The number of hydrogen-bond acceptors (Lipinski definition) is 5. The van der Waals surface area contributed by atoms with E-state index in [9.17, 15) is 14.0 Å². The van der Waals surface area contributed by atoms with Crippen molar-refractivity contribution in [3.05, 3.63) is 86.6 Å². The summed E-state index contributed by atoms with van der Waals surface area (Å²) in [4.78, 5) is 33.0. The fourth-order valence-electron chi connectivity index (χ4n) is 3.58. The lowest BCUT2D eigenvalue weighted by molar-refractivity contribution is -0.127. The quantitative estimate of drug-likeness (QED) is 0.456. The van der Waals surface area contributed by atoms with Crippen LogP contribution >= 0.6 is 22.9 Å². The van der Waals surface area contributed by atoms with Gasteiger partial charge >= 0.3 is 0 Å². The number of piperazine rings is 1. The van der Waals surface area contributed by atoms with E-state index >= 15 is 0 Å². The van der Waals surface area contributed by atoms with Gasteiger partial charge in [0.1, 0.15) is 18.2 Å². The van der Waals surface area contributed by atoms with E-state index < -0.39 is 5.82 Å². The van der Waals surface area contributed by atoms with E-state index in [2.05, 4.69) is 4.98 Å². The Morgan fingerprint density at radius 3 is 2.62 bits per heavy atom. The summed E-state index contributed by atoms with van der Waals surface area (Å²) in [6.07, 6.45) is 3.27. The zero-order valence-electron chi connectivity index (χ0n) is 18.5. The van der Waals surface area contributed by atoms with Crippen LogP contribution < -0.4 is 4.74 Å². The number of thiazole rings is 1. The van der Waals surface area contributed by atoms with Gasteiger partial charge in [-0.25, -0.2) is 9.37 Å². The highest BCUT2D eigenvalue weighted by Gasteiger charge is 2.25. The largest absolute Gasteiger partial charge is 0.487 e. The topological polar surface area (TPSA) is 62.7 Å². The highest BCUT2D eigenvalue weighted by Crippen LogP contribution is 2.20. The number of amides is 2. The minimum absolute atomic E-state index is 0.0827. The molecular formula is C25H23ClFN3O3S. The van der Waals surface area contributed by atoms with E-state index in [0.717, 1.165) is 22.3 Å². The van der Waals surface area contributed by atoms with Crippen LogP contribution in [0.1, 0.15) is 26.6 Å². The van der Waals surface area contributed by atoms with Crippen LogP contribution in [0.15, 0.2) is 53.9 Å². The summed E-state index contributed by atoms with van der Waals surface area (Å²) >= 11 is 7.60. The van der Waals surface area contributed by atoms with Gasteiger partial charge in [0.15, 0.2) is 0 Å². The molecule has 4 rings (SSSR count). The second-order valence-electron chi connectivity index (χ2n) is 7.79. The third-order valence-electron chi connectivity index (χ3n) is 5.37. The molecule has 34 heavy (non-hydrogen) atoms. The summed E-state index contributed by atoms with van der Waals surface area (Å²) in [6.45, 7) is 3.92. The van der Waals surface area contributed by atoms with Crippen LogP contribution in [0.5, 0.6) is 5.75 Å². The third-order valence-corrected chi connectivity index (χ3v) is 6.50. The van der Waals surface area contributed by atoms with Gasteiger partial charge in [0, 0.05) is 37.6 Å².